The highest BCUT2D eigenvalue weighted by molar-refractivity contribution is 5.45. The van der Waals surface area contributed by atoms with E-state index < -0.39 is 10.5 Å². The molecule has 28 heavy (non-hydrogen) atoms. The molecule has 1 aliphatic heterocycles. The Hall–Kier alpha value is -2.95. The van der Waals surface area contributed by atoms with Gasteiger partial charge < -0.3 is 14.7 Å². The van der Waals surface area contributed by atoms with Gasteiger partial charge in [-0.25, -0.2) is 4.85 Å². The van der Waals surface area contributed by atoms with Gasteiger partial charge in [0.1, 0.15) is 18.0 Å². The summed E-state index contributed by atoms with van der Waals surface area (Å²) in [5.74, 6) is 0.518. The first-order valence-electron chi connectivity index (χ1n) is 9.26. The number of nitrogens with zero attached hydrogens (tertiary/aromatic N) is 3. The van der Waals surface area contributed by atoms with E-state index in [9.17, 15) is 15.2 Å². The van der Waals surface area contributed by atoms with Gasteiger partial charge in [-0.1, -0.05) is 24.3 Å². The lowest BCUT2D eigenvalue weighted by Gasteiger charge is -2.38. The van der Waals surface area contributed by atoms with Crippen molar-refractivity contribution in [2.75, 3.05) is 26.2 Å². The van der Waals surface area contributed by atoms with Crippen LogP contribution >= 0.6 is 0 Å². The van der Waals surface area contributed by atoms with Crippen LogP contribution in [0.25, 0.3) is 4.85 Å². The number of non-ortho nitro benzene ring substituents is 1. The first kappa shape index (κ1) is 19.8. The SMILES string of the molecule is [C-]#[N+]c1ccc(CCN2CCC(O)(COc3ccc([N+](=O)[O-])cc3)CC2)cc1. The lowest BCUT2D eigenvalue weighted by atomic mass is 9.92. The van der Waals surface area contributed by atoms with Crippen molar-refractivity contribution in [2.24, 2.45) is 0 Å². The molecule has 1 saturated heterocycles. The minimum absolute atomic E-state index is 0.0168. The highest BCUT2D eigenvalue weighted by Gasteiger charge is 2.33. The van der Waals surface area contributed by atoms with Crippen LogP contribution in [0.2, 0.25) is 0 Å². The number of likely N-dealkylation sites (tertiary alicyclic amines) is 1. The van der Waals surface area contributed by atoms with E-state index >= 15 is 0 Å². The molecule has 1 N–H and O–H groups in total. The van der Waals surface area contributed by atoms with E-state index in [1.165, 1.54) is 17.7 Å². The van der Waals surface area contributed by atoms with Gasteiger partial charge in [0.15, 0.2) is 5.69 Å². The molecule has 2 aromatic rings. The number of nitro groups is 1. The molecule has 0 amide bonds. The summed E-state index contributed by atoms with van der Waals surface area (Å²) in [7, 11) is 0. The number of hydrogen-bond donors (Lipinski definition) is 1. The van der Waals surface area contributed by atoms with E-state index in [0.29, 0.717) is 24.3 Å². The number of rotatable bonds is 7. The molecule has 0 aromatic heterocycles. The normalized spacial score (nSPS) is 16.3. The molecule has 1 heterocycles. The largest absolute Gasteiger partial charge is 0.491 e. The van der Waals surface area contributed by atoms with Crippen LogP contribution < -0.4 is 4.74 Å². The van der Waals surface area contributed by atoms with Crippen LogP contribution in [0.5, 0.6) is 5.75 Å². The molecule has 0 spiro atoms. The van der Waals surface area contributed by atoms with Gasteiger partial charge in [0.05, 0.1) is 11.5 Å². The highest BCUT2D eigenvalue weighted by Crippen LogP contribution is 2.25. The van der Waals surface area contributed by atoms with Crippen LogP contribution in [0.4, 0.5) is 11.4 Å². The smallest absolute Gasteiger partial charge is 0.269 e. The predicted molar refractivity (Wildman–Crippen MR) is 106 cm³/mol. The van der Waals surface area contributed by atoms with Gasteiger partial charge >= 0.3 is 0 Å². The zero-order chi connectivity index (χ0) is 20.0. The molecule has 1 fully saturated rings. The summed E-state index contributed by atoms with van der Waals surface area (Å²) < 4.78 is 5.65. The molecule has 7 nitrogen and oxygen atoms in total. The summed E-state index contributed by atoms with van der Waals surface area (Å²) in [5.41, 5.74) is 0.993. The Labute approximate surface area is 164 Å². The van der Waals surface area contributed by atoms with E-state index in [2.05, 4.69) is 9.74 Å². The second kappa shape index (κ2) is 8.83. The summed E-state index contributed by atoms with van der Waals surface area (Å²) in [6, 6.07) is 13.6. The number of aliphatic hydroxyl groups is 1. The van der Waals surface area contributed by atoms with Gasteiger partial charge in [0.2, 0.25) is 0 Å². The Balaban J connectivity index is 1.43. The van der Waals surface area contributed by atoms with Crippen LogP contribution in [-0.2, 0) is 6.42 Å². The van der Waals surface area contributed by atoms with Crippen LogP contribution in [0.3, 0.4) is 0 Å². The van der Waals surface area contributed by atoms with Crippen molar-refractivity contribution in [3.8, 4) is 5.75 Å². The quantitative estimate of drug-likeness (QED) is 0.450. The first-order chi connectivity index (χ1) is 13.5. The Kier molecular flexibility index (Phi) is 6.24. The van der Waals surface area contributed by atoms with Gasteiger partial charge in [0.25, 0.3) is 5.69 Å². The summed E-state index contributed by atoms with van der Waals surface area (Å²) in [6.07, 6.45) is 2.16. The number of nitro benzene ring substituents is 1. The molecule has 0 aliphatic carbocycles. The molecule has 0 saturated carbocycles. The van der Waals surface area contributed by atoms with Crippen LogP contribution in [-0.4, -0.2) is 46.8 Å². The van der Waals surface area contributed by atoms with Crippen LogP contribution in [0.1, 0.15) is 18.4 Å². The molecule has 2 aromatic carbocycles. The summed E-state index contributed by atoms with van der Waals surface area (Å²) in [5, 5.41) is 21.4. The highest BCUT2D eigenvalue weighted by atomic mass is 16.6. The summed E-state index contributed by atoms with van der Waals surface area (Å²) in [4.78, 5) is 15.9. The molecule has 1 aliphatic rings. The molecule has 0 bridgehead atoms. The maximum atomic E-state index is 10.7. The third kappa shape index (κ3) is 5.28. The van der Waals surface area contributed by atoms with E-state index in [1.54, 1.807) is 12.1 Å². The van der Waals surface area contributed by atoms with Crippen molar-refractivity contribution in [1.29, 1.82) is 0 Å². The van der Waals surface area contributed by atoms with Crippen molar-refractivity contribution in [1.82, 2.24) is 4.90 Å². The first-order valence-corrected chi connectivity index (χ1v) is 9.26. The van der Waals surface area contributed by atoms with Gasteiger partial charge in [-0.3, -0.25) is 10.1 Å². The lowest BCUT2D eigenvalue weighted by Crippen LogP contribution is -2.48. The molecule has 0 unspecified atom stereocenters. The molecule has 7 heteroatoms. The van der Waals surface area contributed by atoms with Crippen LogP contribution in [0.15, 0.2) is 48.5 Å². The van der Waals surface area contributed by atoms with E-state index in [-0.39, 0.29) is 12.3 Å². The topological polar surface area (TPSA) is 80.2 Å². The second-order valence-electron chi connectivity index (χ2n) is 7.13. The summed E-state index contributed by atoms with van der Waals surface area (Å²) >= 11 is 0. The Morgan fingerprint density at radius 2 is 1.79 bits per heavy atom. The molecule has 3 rings (SSSR count). The number of benzene rings is 2. The summed E-state index contributed by atoms with van der Waals surface area (Å²) in [6.45, 7) is 9.66. The number of ether oxygens (including phenoxy) is 1. The zero-order valence-electron chi connectivity index (χ0n) is 15.6. The molecular weight excluding hydrogens is 358 g/mol. The number of hydrogen-bond acceptors (Lipinski definition) is 5. The minimum atomic E-state index is -0.879. The van der Waals surface area contributed by atoms with Crippen molar-refractivity contribution >= 4 is 11.4 Å². The van der Waals surface area contributed by atoms with Crippen molar-refractivity contribution < 1.29 is 14.8 Å². The zero-order valence-corrected chi connectivity index (χ0v) is 15.6. The third-order valence-corrected chi connectivity index (χ3v) is 5.12. The minimum Gasteiger partial charge on any atom is -0.491 e. The molecule has 146 valence electrons. The fraction of sp³-hybridized carbons (Fsp3) is 0.381. The second-order valence-corrected chi connectivity index (χ2v) is 7.13. The fourth-order valence-electron chi connectivity index (χ4n) is 3.24. The third-order valence-electron chi connectivity index (χ3n) is 5.12. The monoisotopic (exact) mass is 381 g/mol. The molecular formula is C21H23N3O4. The van der Waals surface area contributed by atoms with Gasteiger partial charge in [0, 0.05) is 31.8 Å². The predicted octanol–water partition coefficient (Wildman–Crippen LogP) is 3.59. The Bertz CT molecular complexity index is 835. The maximum Gasteiger partial charge on any atom is 0.269 e. The Morgan fingerprint density at radius 1 is 1.14 bits per heavy atom. The van der Waals surface area contributed by atoms with E-state index in [0.717, 1.165) is 26.1 Å². The number of piperidine rings is 1. The maximum absolute atomic E-state index is 10.7. The molecule has 0 radical (unpaired) electrons. The van der Waals surface area contributed by atoms with Crippen LogP contribution in [0, 0.1) is 16.7 Å². The fourth-order valence-corrected chi connectivity index (χ4v) is 3.24. The average molecular weight is 381 g/mol. The Morgan fingerprint density at radius 3 is 2.36 bits per heavy atom. The average Bonchev–Trinajstić information content (AvgIpc) is 2.73. The van der Waals surface area contributed by atoms with Gasteiger partial charge in [-0.05, 0) is 37.0 Å². The van der Waals surface area contributed by atoms with Gasteiger partial charge in [-0.2, -0.15) is 0 Å². The van der Waals surface area contributed by atoms with E-state index in [1.807, 2.05) is 24.3 Å². The molecule has 0 atom stereocenters. The lowest BCUT2D eigenvalue weighted by molar-refractivity contribution is -0.384. The van der Waals surface area contributed by atoms with Crippen molar-refractivity contribution in [3.05, 3.63) is 75.6 Å². The van der Waals surface area contributed by atoms with Gasteiger partial charge in [-0.15, -0.1) is 0 Å². The van der Waals surface area contributed by atoms with E-state index in [4.69, 9.17) is 11.3 Å². The van der Waals surface area contributed by atoms with Crippen molar-refractivity contribution in [3.63, 3.8) is 0 Å². The van der Waals surface area contributed by atoms with Crippen molar-refractivity contribution in [2.45, 2.75) is 24.9 Å². The standard InChI is InChI=1S/C21H23N3O4/c1-22-18-4-2-17(3-5-18)10-13-23-14-11-21(25,12-15-23)16-28-20-8-6-19(7-9-20)24(26)27/h2-9,25H,10-16H2.